The van der Waals surface area contributed by atoms with Gasteiger partial charge < -0.3 is 24.8 Å². The Morgan fingerprint density at radius 2 is 1.88 bits per heavy atom. The Morgan fingerprint density at radius 1 is 1.16 bits per heavy atom. The number of nitrogens with zero attached hydrogens (tertiary/aromatic N) is 2. The zero-order chi connectivity index (χ0) is 23.0. The largest absolute Gasteiger partial charge is 0.497 e. The van der Waals surface area contributed by atoms with Crippen molar-refractivity contribution in [2.24, 2.45) is 16.3 Å². The summed E-state index contributed by atoms with van der Waals surface area (Å²) in [4.78, 5) is 6.97. The molecule has 7 heteroatoms. The Bertz CT molecular complexity index is 711. The number of ether oxygens (including phenoxy) is 3. The molecule has 3 unspecified atom stereocenters. The first-order chi connectivity index (χ1) is 15.4. The summed E-state index contributed by atoms with van der Waals surface area (Å²) in [6.45, 7) is 12.7. The molecule has 7 nitrogen and oxygen atoms in total. The average molecular weight is 447 g/mol. The second-order valence-corrected chi connectivity index (χ2v) is 9.83. The topological polar surface area (TPSA) is 67.4 Å². The molecule has 0 spiro atoms. The molecule has 0 saturated carbocycles. The standard InChI is InChI=1S/C25H42N4O3/c1-25(2,3)23-20(7-6-14-32-23)17-27-24(26-4)28-18-22(29-12-15-31-16-13-29)19-8-10-21(30-5)11-9-19/h8-11,20,22-23H,6-7,12-18H2,1-5H3,(H2,26,27,28). The van der Waals surface area contributed by atoms with Gasteiger partial charge in [0, 0.05) is 45.8 Å². The van der Waals surface area contributed by atoms with E-state index in [1.165, 1.54) is 12.0 Å². The average Bonchev–Trinajstić information content (AvgIpc) is 2.82. The van der Waals surface area contributed by atoms with Crippen LogP contribution in [0.15, 0.2) is 29.3 Å². The van der Waals surface area contributed by atoms with Crippen LogP contribution in [0.4, 0.5) is 0 Å². The highest BCUT2D eigenvalue weighted by molar-refractivity contribution is 5.79. The Morgan fingerprint density at radius 3 is 2.50 bits per heavy atom. The zero-order valence-corrected chi connectivity index (χ0v) is 20.5. The van der Waals surface area contributed by atoms with Gasteiger partial charge in [0.1, 0.15) is 5.75 Å². The first-order valence-electron chi connectivity index (χ1n) is 11.9. The minimum absolute atomic E-state index is 0.138. The molecule has 2 fully saturated rings. The van der Waals surface area contributed by atoms with E-state index in [1.54, 1.807) is 7.11 Å². The number of guanidine groups is 1. The number of hydrogen-bond acceptors (Lipinski definition) is 5. The first-order valence-corrected chi connectivity index (χ1v) is 11.9. The molecule has 2 aliphatic heterocycles. The lowest BCUT2D eigenvalue weighted by Crippen LogP contribution is -2.49. The molecular weight excluding hydrogens is 404 g/mol. The van der Waals surface area contributed by atoms with E-state index in [0.717, 1.165) is 64.1 Å². The maximum absolute atomic E-state index is 6.15. The van der Waals surface area contributed by atoms with Gasteiger partial charge in [0.25, 0.3) is 0 Å². The highest BCUT2D eigenvalue weighted by Gasteiger charge is 2.35. The Labute approximate surface area is 193 Å². The summed E-state index contributed by atoms with van der Waals surface area (Å²) in [5, 5.41) is 7.14. The third-order valence-electron chi connectivity index (χ3n) is 6.50. The van der Waals surface area contributed by atoms with Gasteiger partial charge in [-0.2, -0.15) is 0 Å². The second-order valence-electron chi connectivity index (χ2n) is 9.83. The van der Waals surface area contributed by atoms with E-state index < -0.39 is 0 Å². The van der Waals surface area contributed by atoms with Gasteiger partial charge in [0.2, 0.25) is 0 Å². The van der Waals surface area contributed by atoms with Crippen LogP contribution in [0.25, 0.3) is 0 Å². The van der Waals surface area contributed by atoms with Gasteiger partial charge in [-0.05, 0) is 36.0 Å². The Kier molecular flexibility index (Phi) is 9.20. The minimum atomic E-state index is 0.138. The lowest BCUT2D eigenvalue weighted by atomic mass is 9.78. The fourth-order valence-corrected chi connectivity index (χ4v) is 4.82. The molecule has 2 aliphatic rings. The molecule has 0 radical (unpaired) electrons. The number of morpholine rings is 1. The maximum Gasteiger partial charge on any atom is 0.191 e. The second kappa shape index (κ2) is 11.9. The SMILES string of the molecule is CN=C(NCC1CCCOC1C(C)(C)C)NCC(c1ccc(OC)cc1)N1CCOCC1. The normalized spacial score (nSPS) is 24.1. The molecule has 1 aromatic rings. The van der Waals surface area contributed by atoms with Crippen molar-refractivity contribution >= 4 is 5.96 Å². The molecule has 32 heavy (non-hydrogen) atoms. The highest BCUT2D eigenvalue weighted by Crippen LogP contribution is 2.33. The molecule has 2 N–H and O–H groups in total. The van der Waals surface area contributed by atoms with Gasteiger partial charge in [-0.3, -0.25) is 9.89 Å². The summed E-state index contributed by atoms with van der Waals surface area (Å²) in [5.74, 6) is 2.21. The van der Waals surface area contributed by atoms with Crippen LogP contribution in [0.1, 0.15) is 45.2 Å². The smallest absolute Gasteiger partial charge is 0.191 e. The minimum Gasteiger partial charge on any atom is -0.497 e. The molecular formula is C25H42N4O3. The Balaban J connectivity index is 1.61. The highest BCUT2D eigenvalue weighted by atomic mass is 16.5. The molecule has 0 bridgehead atoms. The molecule has 3 atom stereocenters. The zero-order valence-electron chi connectivity index (χ0n) is 20.5. The van der Waals surface area contributed by atoms with Gasteiger partial charge in [0.05, 0.1) is 32.5 Å². The number of benzene rings is 1. The van der Waals surface area contributed by atoms with Crippen molar-refractivity contribution in [3.8, 4) is 5.75 Å². The first kappa shape index (κ1) is 24.8. The molecule has 2 saturated heterocycles. The summed E-state index contributed by atoms with van der Waals surface area (Å²) < 4.78 is 17.1. The van der Waals surface area contributed by atoms with Crippen molar-refractivity contribution in [3.05, 3.63) is 29.8 Å². The van der Waals surface area contributed by atoms with E-state index in [0.29, 0.717) is 5.92 Å². The van der Waals surface area contributed by atoms with Crippen LogP contribution >= 0.6 is 0 Å². The van der Waals surface area contributed by atoms with E-state index in [9.17, 15) is 0 Å². The third kappa shape index (κ3) is 6.83. The van der Waals surface area contributed by atoms with Gasteiger partial charge in [0.15, 0.2) is 5.96 Å². The molecule has 0 aromatic heterocycles. The van der Waals surface area contributed by atoms with Gasteiger partial charge in [-0.25, -0.2) is 0 Å². The number of nitrogens with one attached hydrogen (secondary N) is 2. The summed E-state index contributed by atoms with van der Waals surface area (Å²) in [7, 11) is 3.54. The van der Waals surface area contributed by atoms with E-state index in [-0.39, 0.29) is 17.6 Å². The predicted molar refractivity (Wildman–Crippen MR) is 129 cm³/mol. The third-order valence-corrected chi connectivity index (χ3v) is 6.50. The van der Waals surface area contributed by atoms with E-state index in [2.05, 4.69) is 53.4 Å². The number of rotatable bonds is 7. The van der Waals surface area contributed by atoms with Crippen LogP contribution in [0.3, 0.4) is 0 Å². The lowest BCUT2D eigenvalue weighted by molar-refractivity contribution is -0.0835. The molecule has 2 heterocycles. The predicted octanol–water partition coefficient (Wildman–Crippen LogP) is 3.07. The number of aliphatic imine (C=N–C) groups is 1. The van der Waals surface area contributed by atoms with Gasteiger partial charge in [-0.15, -0.1) is 0 Å². The van der Waals surface area contributed by atoms with Crippen molar-refractivity contribution < 1.29 is 14.2 Å². The fraction of sp³-hybridized carbons (Fsp3) is 0.720. The van der Waals surface area contributed by atoms with Crippen LogP contribution < -0.4 is 15.4 Å². The summed E-state index contributed by atoms with van der Waals surface area (Å²) in [6, 6.07) is 8.62. The molecule has 3 rings (SSSR count). The Hall–Kier alpha value is -1.83. The quantitative estimate of drug-likeness (QED) is 0.496. The van der Waals surface area contributed by atoms with Crippen molar-refractivity contribution in [2.45, 2.75) is 45.8 Å². The van der Waals surface area contributed by atoms with Crippen LogP contribution in [0.5, 0.6) is 5.75 Å². The van der Waals surface area contributed by atoms with Crippen LogP contribution in [0, 0.1) is 11.3 Å². The van der Waals surface area contributed by atoms with Gasteiger partial charge in [-0.1, -0.05) is 32.9 Å². The van der Waals surface area contributed by atoms with E-state index in [4.69, 9.17) is 14.2 Å². The van der Waals surface area contributed by atoms with Crippen LogP contribution in [-0.4, -0.2) is 77.1 Å². The van der Waals surface area contributed by atoms with Crippen molar-refractivity contribution in [3.63, 3.8) is 0 Å². The summed E-state index contributed by atoms with van der Waals surface area (Å²) in [5.41, 5.74) is 1.41. The molecule has 180 valence electrons. The number of methoxy groups -OCH3 is 1. The monoisotopic (exact) mass is 446 g/mol. The van der Waals surface area contributed by atoms with Crippen molar-refractivity contribution in [1.29, 1.82) is 0 Å². The summed E-state index contributed by atoms with van der Waals surface area (Å²) >= 11 is 0. The lowest BCUT2D eigenvalue weighted by Gasteiger charge is -2.40. The van der Waals surface area contributed by atoms with Crippen LogP contribution in [-0.2, 0) is 9.47 Å². The van der Waals surface area contributed by atoms with Crippen molar-refractivity contribution in [2.75, 3.05) is 60.2 Å². The number of hydrogen-bond donors (Lipinski definition) is 2. The van der Waals surface area contributed by atoms with Crippen LogP contribution in [0.2, 0.25) is 0 Å². The molecule has 0 aliphatic carbocycles. The molecule has 1 aromatic carbocycles. The molecule has 0 amide bonds. The van der Waals surface area contributed by atoms with Gasteiger partial charge >= 0.3 is 0 Å². The van der Waals surface area contributed by atoms with E-state index >= 15 is 0 Å². The summed E-state index contributed by atoms with van der Waals surface area (Å²) in [6.07, 6.45) is 2.58. The fourth-order valence-electron chi connectivity index (χ4n) is 4.82. The van der Waals surface area contributed by atoms with E-state index in [1.807, 2.05) is 19.2 Å². The van der Waals surface area contributed by atoms with Crippen molar-refractivity contribution in [1.82, 2.24) is 15.5 Å². The maximum atomic E-state index is 6.15.